The molecule has 0 radical (unpaired) electrons. The van der Waals surface area contributed by atoms with Crippen LogP contribution in [0.25, 0.3) is 0 Å². The molecule has 3 rings (SSSR count). The molecule has 0 saturated carbocycles. The van der Waals surface area contributed by atoms with Gasteiger partial charge in [0.25, 0.3) is 5.91 Å². The van der Waals surface area contributed by atoms with E-state index >= 15 is 0 Å². The average Bonchev–Trinajstić information content (AvgIpc) is 2.72. The van der Waals surface area contributed by atoms with Gasteiger partial charge >= 0.3 is 6.03 Å². The minimum Gasteiger partial charge on any atom is -0.297 e. The van der Waals surface area contributed by atoms with Gasteiger partial charge < -0.3 is 0 Å². The predicted octanol–water partition coefficient (Wildman–Crippen LogP) is 1.92. The fraction of sp³-hybridized carbons (Fsp3) is 0.882. The molecule has 23 heavy (non-hydrogen) atoms. The smallest absolute Gasteiger partial charge is 0.297 e. The lowest BCUT2D eigenvalue weighted by atomic mass is 10.0. The number of piperidine rings is 2. The summed E-state index contributed by atoms with van der Waals surface area (Å²) in [5.74, 6) is -0.0508. The van der Waals surface area contributed by atoms with E-state index in [0.29, 0.717) is 13.3 Å². The van der Waals surface area contributed by atoms with Crippen molar-refractivity contribution in [1.82, 2.24) is 19.6 Å². The Balaban J connectivity index is 1.67. The van der Waals surface area contributed by atoms with Crippen LogP contribution in [0.1, 0.15) is 52.4 Å². The van der Waals surface area contributed by atoms with E-state index in [2.05, 4.69) is 9.80 Å². The van der Waals surface area contributed by atoms with Crippen LogP contribution in [0.2, 0.25) is 0 Å². The van der Waals surface area contributed by atoms with Crippen molar-refractivity contribution in [1.29, 1.82) is 0 Å². The molecule has 0 aliphatic carbocycles. The second-order valence-corrected chi connectivity index (χ2v) is 7.64. The Bertz CT molecular complexity index is 454. The summed E-state index contributed by atoms with van der Waals surface area (Å²) in [7, 11) is 0. The van der Waals surface area contributed by atoms with Crippen molar-refractivity contribution < 1.29 is 9.59 Å². The zero-order chi connectivity index (χ0) is 16.4. The maximum atomic E-state index is 12.9. The lowest BCUT2D eigenvalue weighted by Gasteiger charge is -2.35. The number of carbonyl (C=O) groups excluding carboxylic acids is 2. The molecule has 130 valence electrons. The third kappa shape index (κ3) is 3.38. The minimum atomic E-state index is -0.732. The van der Waals surface area contributed by atoms with Crippen LogP contribution in [-0.4, -0.2) is 76.6 Å². The van der Waals surface area contributed by atoms with Crippen molar-refractivity contribution in [3.63, 3.8) is 0 Å². The minimum absolute atomic E-state index is 0.0508. The third-order valence-electron chi connectivity index (χ3n) is 5.49. The molecule has 0 aromatic carbocycles. The van der Waals surface area contributed by atoms with Crippen LogP contribution in [0, 0.1) is 0 Å². The number of hydrogen-bond donors (Lipinski definition) is 0. The first-order valence-electron chi connectivity index (χ1n) is 9.08. The number of hydrogen-bond acceptors (Lipinski definition) is 4. The van der Waals surface area contributed by atoms with Gasteiger partial charge in [0, 0.05) is 0 Å². The van der Waals surface area contributed by atoms with Crippen LogP contribution < -0.4 is 0 Å². The highest BCUT2D eigenvalue weighted by molar-refractivity contribution is 6.06. The Hall–Kier alpha value is -1.14. The molecule has 3 saturated heterocycles. The monoisotopic (exact) mass is 322 g/mol. The standard InChI is InChI=1S/C17H30N4O2/c1-17(2)15(22)20(13-18-9-5-3-6-10-18)16(23)21(17)14-19-11-7-4-8-12-19/h3-14H2,1-2H3. The van der Waals surface area contributed by atoms with E-state index < -0.39 is 5.54 Å². The van der Waals surface area contributed by atoms with Gasteiger partial charge in [-0.1, -0.05) is 12.8 Å². The number of nitrogens with zero attached hydrogens (tertiary/aromatic N) is 4. The van der Waals surface area contributed by atoms with Crippen molar-refractivity contribution >= 4 is 11.9 Å². The molecule has 0 unspecified atom stereocenters. The molecule has 0 spiro atoms. The summed E-state index contributed by atoms with van der Waals surface area (Å²) >= 11 is 0. The van der Waals surface area contributed by atoms with Crippen molar-refractivity contribution in [3.05, 3.63) is 0 Å². The first-order valence-corrected chi connectivity index (χ1v) is 9.08. The van der Waals surface area contributed by atoms with Crippen molar-refractivity contribution in [3.8, 4) is 0 Å². The van der Waals surface area contributed by atoms with Gasteiger partial charge in [0.1, 0.15) is 5.54 Å². The molecule has 0 bridgehead atoms. The highest BCUT2D eigenvalue weighted by atomic mass is 16.2. The molecule has 6 nitrogen and oxygen atoms in total. The number of rotatable bonds is 4. The normalized spacial score (nSPS) is 27.0. The van der Waals surface area contributed by atoms with Gasteiger partial charge in [-0.25, -0.2) is 9.69 Å². The summed E-state index contributed by atoms with van der Waals surface area (Å²) in [6.45, 7) is 8.83. The molecule has 3 fully saturated rings. The molecular formula is C17H30N4O2. The van der Waals surface area contributed by atoms with Crippen molar-refractivity contribution in [2.24, 2.45) is 0 Å². The maximum absolute atomic E-state index is 12.9. The van der Waals surface area contributed by atoms with E-state index in [1.807, 2.05) is 13.8 Å². The number of likely N-dealkylation sites (tertiary alicyclic amines) is 2. The van der Waals surface area contributed by atoms with Gasteiger partial charge in [0.05, 0.1) is 13.3 Å². The van der Waals surface area contributed by atoms with Crippen LogP contribution in [-0.2, 0) is 4.79 Å². The van der Waals surface area contributed by atoms with Crippen molar-refractivity contribution in [2.45, 2.75) is 57.9 Å². The lowest BCUT2D eigenvalue weighted by Crippen LogP contribution is -2.50. The number of amides is 3. The number of urea groups is 1. The van der Waals surface area contributed by atoms with E-state index in [9.17, 15) is 9.59 Å². The third-order valence-corrected chi connectivity index (χ3v) is 5.49. The average molecular weight is 322 g/mol. The topological polar surface area (TPSA) is 47.1 Å². The van der Waals surface area contributed by atoms with E-state index in [0.717, 1.165) is 39.0 Å². The maximum Gasteiger partial charge on any atom is 0.329 e. The molecule has 3 aliphatic rings. The molecule has 6 heteroatoms. The van der Waals surface area contributed by atoms with Gasteiger partial charge in [-0.05, 0) is 65.7 Å². The summed E-state index contributed by atoms with van der Waals surface area (Å²) in [4.78, 5) is 33.4. The van der Waals surface area contributed by atoms with Gasteiger partial charge in [-0.3, -0.25) is 19.5 Å². The Morgan fingerprint density at radius 2 is 1.26 bits per heavy atom. The summed E-state index contributed by atoms with van der Waals surface area (Å²) in [5, 5.41) is 0. The molecule has 0 atom stereocenters. The summed E-state index contributed by atoms with van der Waals surface area (Å²) in [6.07, 6.45) is 7.23. The quantitative estimate of drug-likeness (QED) is 0.742. The Labute approximate surface area is 139 Å². The molecule has 3 aliphatic heterocycles. The van der Waals surface area contributed by atoms with Crippen LogP contribution in [0.15, 0.2) is 0 Å². The van der Waals surface area contributed by atoms with Crippen LogP contribution in [0.3, 0.4) is 0 Å². The highest BCUT2D eigenvalue weighted by Crippen LogP contribution is 2.29. The fourth-order valence-corrected chi connectivity index (χ4v) is 3.88. The SMILES string of the molecule is CC1(C)C(=O)N(CN2CCCCC2)C(=O)N1CN1CCCCC1. The molecule has 0 aromatic heterocycles. The Kier molecular flexibility index (Phi) is 4.92. The molecule has 0 aromatic rings. The first kappa shape index (κ1) is 16.7. The van der Waals surface area contributed by atoms with Crippen molar-refractivity contribution in [2.75, 3.05) is 39.5 Å². The summed E-state index contributed by atoms with van der Waals surface area (Å²) in [6, 6.07) is -0.115. The lowest BCUT2D eigenvalue weighted by molar-refractivity contribution is -0.133. The second-order valence-electron chi connectivity index (χ2n) is 7.64. The fourth-order valence-electron chi connectivity index (χ4n) is 3.88. The van der Waals surface area contributed by atoms with E-state index in [4.69, 9.17) is 0 Å². The molecular weight excluding hydrogens is 292 g/mol. The van der Waals surface area contributed by atoms with Gasteiger partial charge in [0.15, 0.2) is 0 Å². The van der Waals surface area contributed by atoms with Gasteiger partial charge in [-0.15, -0.1) is 0 Å². The Morgan fingerprint density at radius 3 is 1.78 bits per heavy atom. The van der Waals surface area contributed by atoms with Crippen LogP contribution in [0.5, 0.6) is 0 Å². The molecule has 3 heterocycles. The van der Waals surface area contributed by atoms with E-state index in [1.54, 1.807) is 4.90 Å². The summed E-state index contributed by atoms with van der Waals surface area (Å²) < 4.78 is 0. The second kappa shape index (κ2) is 6.77. The Morgan fingerprint density at radius 1 is 0.783 bits per heavy atom. The predicted molar refractivity (Wildman–Crippen MR) is 88.7 cm³/mol. The van der Waals surface area contributed by atoms with Crippen LogP contribution in [0.4, 0.5) is 4.79 Å². The van der Waals surface area contributed by atoms with E-state index in [-0.39, 0.29) is 11.9 Å². The van der Waals surface area contributed by atoms with E-state index in [1.165, 1.54) is 30.6 Å². The zero-order valence-corrected chi connectivity index (χ0v) is 14.6. The van der Waals surface area contributed by atoms with Crippen LogP contribution >= 0.6 is 0 Å². The number of imide groups is 1. The zero-order valence-electron chi connectivity index (χ0n) is 14.6. The largest absolute Gasteiger partial charge is 0.329 e. The molecule has 3 amide bonds. The number of carbonyl (C=O) groups is 2. The highest BCUT2D eigenvalue weighted by Gasteiger charge is 2.51. The van der Waals surface area contributed by atoms with Gasteiger partial charge in [-0.2, -0.15) is 0 Å². The summed E-state index contributed by atoms with van der Waals surface area (Å²) in [5.41, 5.74) is -0.732. The first-order chi connectivity index (χ1) is 11.0. The van der Waals surface area contributed by atoms with Gasteiger partial charge in [0.2, 0.25) is 0 Å². The molecule has 0 N–H and O–H groups in total.